The Morgan fingerprint density at radius 1 is 0.913 bits per heavy atom. The van der Waals surface area contributed by atoms with Crippen molar-refractivity contribution in [1.82, 2.24) is 0 Å². The highest BCUT2D eigenvalue weighted by atomic mass is 16.3. The van der Waals surface area contributed by atoms with Crippen LogP contribution in [0, 0.1) is 34.5 Å². The fourth-order valence-electron chi connectivity index (χ4n) is 7.58. The van der Waals surface area contributed by atoms with E-state index >= 15 is 0 Å². The van der Waals surface area contributed by atoms with Crippen LogP contribution in [-0.2, 0) is 0 Å². The lowest BCUT2D eigenvalue weighted by Gasteiger charge is -2.62. The van der Waals surface area contributed by atoms with Gasteiger partial charge in [-0.25, -0.2) is 0 Å². The molecule has 0 radical (unpaired) electrons. The summed E-state index contributed by atoms with van der Waals surface area (Å²) >= 11 is 0. The predicted molar refractivity (Wildman–Crippen MR) is 89.7 cm³/mol. The van der Waals surface area contributed by atoms with Gasteiger partial charge in [-0.2, -0.15) is 0 Å². The molecule has 23 heavy (non-hydrogen) atoms. The van der Waals surface area contributed by atoms with E-state index in [1.54, 1.807) is 0 Å². The Morgan fingerprint density at radius 3 is 2.39 bits per heavy atom. The normalized spacial score (nSPS) is 62.3. The fourth-order valence-corrected chi connectivity index (χ4v) is 7.58. The zero-order valence-electron chi connectivity index (χ0n) is 15.0. The van der Waals surface area contributed by atoms with Crippen molar-refractivity contribution in [3.63, 3.8) is 0 Å². The van der Waals surface area contributed by atoms with Crippen molar-refractivity contribution >= 4 is 0 Å². The number of aliphatic hydroxyl groups is 3. The first-order valence-electron chi connectivity index (χ1n) is 9.77. The average molecular weight is 322 g/mol. The molecular weight excluding hydrogens is 288 g/mol. The van der Waals surface area contributed by atoms with Crippen LogP contribution < -0.4 is 0 Å². The van der Waals surface area contributed by atoms with Crippen LogP contribution in [0.3, 0.4) is 0 Å². The standard InChI is InChI=1S/C20H34O3/c1-18-8-6-13(21)10-12(18)4-5-14-15-7-9-20(3,23)19(15,2)11-16(22)17(14)18/h12-17,21-23H,4-11H2,1-3H3/t12?,13?,14-,15-,16?,17-,18-,19-,20?/m0/s1. The Hall–Kier alpha value is -0.120. The van der Waals surface area contributed by atoms with Crippen molar-refractivity contribution in [2.45, 2.75) is 89.9 Å². The molecule has 132 valence electrons. The number of aliphatic hydroxyl groups excluding tert-OH is 2. The SMILES string of the molecule is CC1(O)CC[C@H]2[C@@H]3CCC4CC(O)CC[C@]4(C)[C@@H]3C(O)C[C@@]21C. The molecule has 0 saturated heterocycles. The molecule has 0 aromatic heterocycles. The van der Waals surface area contributed by atoms with Crippen molar-refractivity contribution in [3.05, 3.63) is 0 Å². The quantitative estimate of drug-likeness (QED) is 0.642. The Morgan fingerprint density at radius 2 is 1.65 bits per heavy atom. The maximum atomic E-state index is 11.1. The van der Waals surface area contributed by atoms with Gasteiger partial charge in [0.05, 0.1) is 17.8 Å². The van der Waals surface area contributed by atoms with Crippen molar-refractivity contribution < 1.29 is 15.3 Å². The average Bonchev–Trinajstić information content (AvgIpc) is 2.69. The third kappa shape index (κ3) is 2.05. The summed E-state index contributed by atoms with van der Waals surface area (Å²) < 4.78 is 0. The van der Waals surface area contributed by atoms with Crippen LogP contribution >= 0.6 is 0 Å². The van der Waals surface area contributed by atoms with Gasteiger partial charge < -0.3 is 15.3 Å². The third-order valence-electron chi connectivity index (χ3n) is 9.13. The van der Waals surface area contributed by atoms with E-state index in [0.29, 0.717) is 23.7 Å². The predicted octanol–water partition coefficient (Wildman–Crippen LogP) is 3.11. The van der Waals surface area contributed by atoms with E-state index in [4.69, 9.17) is 0 Å². The molecule has 4 unspecified atom stereocenters. The van der Waals surface area contributed by atoms with Gasteiger partial charge in [-0.15, -0.1) is 0 Å². The first-order chi connectivity index (χ1) is 10.7. The lowest BCUT2D eigenvalue weighted by Crippen LogP contribution is -2.61. The minimum Gasteiger partial charge on any atom is -0.393 e. The Balaban J connectivity index is 1.69. The van der Waals surface area contributed by atoms with Gasteiger partial charge in [0.1, 0.15) is 0 Å². The molecule has 4 aliphatic carbocycles. The van der Waals surface area contributed by atoms with E-state index in [1.807, 2.05) is 6.92 Å². The molecule has 0 aromatic rings. The van der Waals surface area contributed by atoms with E-state index in [-0.39, 0.29) is 23.0 Å². The van der Waals surface area contributed by atoms with Crippen LogP contribution in [0.15, 0.2) is 0 Å². The molecule has 4 aliphatic rings. The summed E-state index contributed by atoms with van der Waals surface area (Å²) in [5, 5.41) is 32.2. The van der Waals surface area contributed by atoms with E-state index in [0.717, 1.165) is 38.5 Å². The number of hydrogen-bond donors (Lipinski definition) is 3. The summed E-state index contributed by atoms with van der Waals surface area (Å²) in [7, 11) is 0. The van der Waals surface area contributed by atoms with Crippen LogP contribution in [0.5, 0.6) is 0 Å². The molecule has 0 amide bonds. The Labute approximate surface area is 140 Å². The van der Waals surface area contributed by atoms with Crippen LogP contribution in [-0.4, -0.2) is 33.1 Å². The minimum absolute atomic E-state index is 0.134. The Kier molecular flexibility index (Phi) is 3.52. The summed E-state index contributed by atoms with van der Waals surface area (Å²) in [5.74, 6) is 2.03. The van der Waals surface area contributed by atoms with E-state index < -0.39 is 5.60 Å². The van der Waals surface area contributed by atoms with Crippen LogP contribution in [0.2, 0.25) is 0 Å². The smallest absolute Gasteiger partial charge is 0.0676 e. The van der Waals surface area contributed by atoms with Crippen LogP contribution in [0.4, 0.5) is 0 Å². The monoisotopic (exact) mass is 322 g/mol. The van der Waals surface area contributed by atoms with Crippen molar-refractivity contribution in [2.24, 2.45) is 34.5 Å². The van der Waals surface area contributed by atoms with E-state index in [1.165, 1.54) is 12.8 Å². The van der Waals surface area contributed by atoms with Gasteiger partial charge in [0.25, 0.3) is 0 Å². The molecule has 0 heterocycles. The zero-order chi connectivity index (χ0) is 16.6. The maximum absolute atomic E-state index is 11.1. The molecule has 3 N–H and O–H groups in total. The second-order valence-corrected chi connectivity index (χ2v) is 10.0. The van der Waals surface area contributed by atoms with Crippen molar-refractivity contribution in [3.8, 4) is 0 Å². The van der Waals surface area contributed by atoms with Gasteiger partial charge in [-0.1, -0.05) is 13.8 Å². The first kappa shape index (κ1) is 16.4. The Bertz CT molecular complexity index is 489. The van der Waals surface area contributed by atoms with Crippen molar-refractivity contribution in [2.75, 3.05) is 0 Å². The molecule has 0 spiro atoms. The molecule has 0 aliphatic heterocycles. The summed E-state index contributed by atoms with van der Waals surface area (Å²) in [5.41, 5.74) is -0.591. The molecule has 4 rings (SSSR count). The largest absolute Gasteiger partial charge is 0.393 e. The van der Waals surface area contributed by atoms with E-state index in [9.17, 15) is 15.3 Å². The van der Waals surface area contributed by atoms with Gasteiger partial charge >= 0.3 is 0 Å². The molecule has 0 aromatic carbocycles. The molecule has 3 heteroatoms. The molecular formula is C20H34O3. The lowest BCUT2D eigenvalue weighted by atomic mass is 9.43. The van der Waals surface area contributed by atoms with Crippen LogP contribution in [0.1, 0.15) is 72.1 Å². The summed E-state index contributed by atoms with van der Waals surface area (Å²) in [6.07, 6.45) is 7.53. The second-order valence-electron chi connectivity index (χ2n) is 10.0. The lowest BCUT2D eigenvalue weighted by molar-refractivity contribution is -0.197. The van der Waals surface area contributed by atoms with Gasteiger partial charge in [0.15, 0.2) is 0 Å². The second kappa shape index (κ2) is 4.95. The molecule has 4 saturated carbocycles. The summed E-state index contributed by atoms with van der Waals surface area (Å²) in [4.78, 5) is 0. The van der Waals surface area contributed by atoms with Crippen LogP contribution in [0.25, 0.3) is 0 Å². The first-order valence-corrected chi connectivity index (χ1v) is 9.77. The summed E-state index contributed by atoms with van der Waals surface area (Å²) in [6, 6.07) is 0. The van der Waals surface area contributed by atoms with Gasteiger partial charge in [-0.3, -0.25) is 0 Å². The minimum atomic E-state index is -0.635. The highest BCUT2D eigenvalue weighted by Crippen LogP contribution is 2.68. The topological polar surface area (TPSA) is 60.7 Å². The molecule has 4 fully saturated rings. The van der Waals surface area contributed by atoms with E-state index in [2.05, 4.69) is 13.8 Å². The molecule has 0 bridgehead atoms. The van der Waals surface area contributed by atoms with Gasteiger partial charge in [0.2, 0.25) is 0 Å². The number of rotatable bonds is 0. The van der Waals surface area contributed by atoms with Crippen molar-refractivity contribution in [1.29, 1.82) is 0 Å². The number of hydrogen-bond acceptors (Lipinski definition) is 3. The number of fused-ring (bicyclic) bond motifs is 5. The third-order valence-corrected chi connectivity index (χ3v) is 9.13. The molecule has 3 nitrogen and oxygen atoms in total. The zero-order valence-corrected chi connectivity index (χ0v) is 15.0. The highest BCUT2D eigenvalue weighted by molar-refractivity contribution is 5.15. The highest BCUT2D eigenvalue weighted by Gasteiger charge is 2.65. The summed E-state index contributed by atoms with van der Waals surface area (Å²) in [6.45, 7) is 6.60. The maximum Gasteiger partial charge on any atom is 0.0676 e. The molecule has 9 atom stereocenters. The van der Waals surface area contributed by atoms with Gasteiger partial charge in [0, 0.05) is 5.41 Å². The fraction of sp³-hybridized carbons (Fsp3) is 1.00. The van der Waals surface area contributed by atoms with Gasteiger partial charge in [-0.05, 0) is 87.4 Å².